The quantitative estimate of drug-likeness (QED) is 0.554. The molecule has 2 unspecified atom stereocenters. The maximum Gasteiger partial charge on any atom is 0.335 e. The van der Waals surface area contributed by atoms with E-state index in [1.807, 2.05) is 6.07 Å². The van der Waals surface area contributed by atoms with Gasteiger partial charge in [-0.2, -0.15) is 0 Å². The Morgan fingerprint density at radius 3 is 2.85 bits per heavy atom. The SMILES string of the molecule is C=CC(O)[C@@]1(C)CC[C@@H]1CN1CC2(CCCc3cc(Cl)ccc32)COc2ccc(C(=O)O)cc21. The average molecular weight is 482 g/mol. The maximum absolute atomic E-state index is 11.8. The molecule has 0 amide bonds. The van der Waals surface area contributed by atoms with E-state index in [-0.39, 0.29) is 22.3 Å². The number of rotatable bonds is 5. The molecule has 0 radical (unpaired) electrons. The summed E-state index contributed by atoms with van der Waals surface area (Å²) >= 11 is 6.33. The fourth-order valence-electron chi connectivity index (χ4n) is 6.28. The third kappa shape index (κ3) is 3.79. The van der Waals surface area contributed by atoms with Crippen LogP contribution in [0.2, 0.25) is 5.02 Å². The predicted octanol–water partition coefficient (Wildman–Crippen LogP) is 5.47. The van der Waals surface area contributed by atoms with Crippen LogP contribution in [0.3, 0.4) is 0 Å². The molecule has 1 spiro atoms. The largest absolute Gasteiger partial charge is 0.490 e. The summed E-state index contributed by atoms with van der Waals surface area (Å²) in [6.45, 7) is 7.94. The van der Waals surface area contributed by atoms with Crippen molar-refractivity contribution in [3.05, 3.63) is 70.8 Å². The number of anilines is 1. The Balaban J connectivity index is 1.56. The van der Waals surface area contributed by atoms with Crippen LogP contribution in [0, 0.1) is 11.3 Å². The van der Waals surface area contributed by atoms with Gasteiger partial charge in [0.15, 0.2) is 0 Å². The number of hydrogen-bond donors (Lipinski definition) is 2. The van der Waals surface area contributed by atoms with Gasteiger partial charge in [0.1, 0.15) is 5.75 Å². The van der Waals surface area contributed by atoms with Crippen LogP contribution < -0.4 is 9.64 Å². The van der Waals surface area contributed by atoms with Crippen LogP contribution in [0.5, 0.6) is 5.75 Å². The number of fused-ring (bicyclic) bond motifs is 3. The zero-order valence-electron chi connectivity index (χ0n) is 19.6. The standard InChI is InChI=1S/C28H32ClNO4/c1-3-25(31)27(2)12-10-20(27)15-30-16-28(11-4-5-18-13-21(29)7-8-22(18)28)17-34-24-9-6-19(26(32)33)14-23(24)30/h3,6-9,13-14,20,25,31H,1,4-5,10-12,15-17H2,2H3,(H,32,33)/t20-,25?,27+,28?/m1/s1. The number of carboxylic acid groups (broad SMARTS) is 1. The van der Waals surface area contributed by atoms with Crippen molar-refractivity contribution >= 4 is 23.3 Å². The number of aryl methyl sites for hydroxylation is 1. The maximum atomic E-state index is 11.8. The van der Waals surface area contributed by atoms with Crippen molar-refractivity contribution in [1.29, 1.82) is 0 Å². The molecule has 1 fully saturated rings. The molecule has 1 heterocycles. The highest BCUT2D eigenvalue weighted by molar-refractivity contribution is 6.30. The number of aliphatic hydroxyl groups is 1. The van der Waals surface area contributed by atoms with Crippen LogP contribution in [-0.2, 0) is 11.8 Å². The van der Waals surface area contributed by atoms with E-state index < -0.39 is 12.1 Å². The molecule has 4 atom stereocenters. The summed E-state index contributed by atoms with van der Waals surface area (Å²) in [4.78, 5) is 14.1. The second-order valence-electron chi connectivity index (χ2n) is 10.5. The Morgan fingerprint density at radius 2 is 2.15 bits per heavy atom. The third-order valence-corrected chi connectivity index (χ3v) is 8.82. The molecular weight excluding hydrogens is 450 g/mol. The summed E-state index contributed by atoms with van der Waals surface area (Å²) in [5.74, 6) is 0.0356. The van der Waals surface area contributed by atoms with Crippen molar-refractivity contribution in [1.82, 2.24) is 0 Å². The third-order valence-electron chi connectivity index (χ3n) is 8.59. The lowest BCUT2D eigenvalue weighted by Gasteiger charge is -2.52. The van der Waals surface area contributed by atoms with Gasteiger partial charge in [-0.05, 0) is 79.5 Å². The zero-order valence-corrected chi connectivity index (χ0v) is 20.4. The first-order valence-electron chi connectivity index (χ1n) is 12.1. The van der Waals surface area contributed by atoms with Gasteiger partial charge in [-0.15, -0.1) is 6.58 Å². The van der Waals surface area contributed by atoms with Crippen molar-refractivity contribution in [2.75, 3.05) is 24.6 Å². The van der Waals surface area contributed by atoms with E-state index in [1.54, 1.807) is 24.3 Å². The number of nitrogens with zero attached hydrogens (tertiary/aromatic N) is 1. The summed E-state index contributed by atoms with van der Waals surface area (Å²) in [6, 6.07) is 11.3. The second kappa shape index (κ2) is 8.62. The van der Waals surface area contributed by atoms with Crippen LogP contribution in [-0.4, -0.2) is 42.0 Å². The molecule has 5 rings (SSSR count). The van der Waals surface area contributed by atoms with Crippen molar-refractivity contribution < 1.29 is 19.7 Å². The van der Waals surface area contributed by atoms with Gasteiger partial charge in [0.2, 0.25) is 0 Å². The highest BCUT2D eigenvalue weighted by atomic mass is 35.5. The fourth-order valence-corrected chi connectivity index (χ4v) is 6.47. The number of carboxylic acids is 1. The zero-order chi connectivity index (χ0) is 24.1. The topological polar surface area (TPSA) is 70.0 Å². The molecule has 34 heavy (non-hydrogen) atoms. The van der Waals surface area contributed by atoms with E-state index in [4.69, 9.17) is 16.3 Å². The van der Waals surface area contributed by atoms with Gasteiger partial charge in [-0.3, -0.25) is 0 Å². The molecule has 5 nitrogen and oxygen atoms in total. The Kier molecular flexibility index (Phi) is 5.89. The van der Waals surface area contributed by atoms with E-state index in [0.717, 1.165) is 55.9 Å². The van der Waals surface area contributed by atoms with Gasteiger partial charge < -0.3 is 19.8 Å². The first-order valence-corrected chi connectivity index (χ1v) is 12.5. The molecule has 0 aromatic heterocycles. The molecule has 0 saturated heterocycles. The first kappa shape index (κ1) is 23.3. The number of aromatic carboxylic acids is 1. The molecule has 0 bridgehead atoms. The minimum Gasteiger partial charge on any atom is -0.490 e. The number of halogens is 1. The number of benzene rings is 2. The normalized spacial score (nSPS) is 28.7. The minimum absolute atomic E-state index is 0.211. The van der Waals surface area contributed by atoms with Crippen LogP contribution in [0.25, 0.3) is 0 Å². The van der Waals surface area contributed by atoms with Crippen LogP contribution in [0.1, 0.15) is 54.1 Å². The van der Waals surface area contributed by atoms with Gasteiger partial charge in [0.25, 0.3) is 0 Å². The van der Waals surface area contributed by atoms with Crippen LogP contribution >= 0.6 is 11.6 Å². The lowest BCUT2D eigenvalue weighted by molar-refractivity contribution is -0.0466. The molecular formula is C28H32ClNO4. The Labute approximate surface area is 206 Å². The van der Waals surface area contributed by atoms with E-state index in [0.29, 0.717) is 12.4 Å². The number of hydrogen-bond acceptors (Lipinski definition) is 4. The molecule has 2 aromatic carbocycles. The van der Waals surface area contributed by atoms with Crippen LogP contribution in [0.4, 0.5) is 5.69 Å². The van der Waals surface area contributed by atoms with E-state index >= 15 is 0 Å². The lowest BCUT2D eigenvalue weighted by atomic mass is 9.58. The first-order chi connectivity index (χ1) is 16.3. The molecule has 6 heteroatoms. The highest BCUT2D eigenvalue weighted by Gasteiger charge is 2.49. The Bertz CT molecular complexity index is 1130. The predicted molar refractivity (Wildman–Crippen MR) is 134 cm³/mol. The molecule has 2 N–H and O–H groups in total. The molecule has 2 aromatic rings. The van der Waals surface area contributed by atoms with Gasteiger partial charge in [-0.25, -0.2) is 4.79 Å². The molecule has 2 aliphatic carbocycles. The average Bonchev–Trinajstić information content (AvgIpc) is 2.97. The molecule has 3 aliphatic rings. The Morgan fingerprint density at radius 1 is 1.32 bits per heavy atom. The van der Waals surface area contributed by atoms with Crippen molar-refractivity contribution in [2.24, 2.45) is 11.3 Å². The highest BCUT2D eigenvalue weighted by Crippen LogP contribution is 2.51. The minimum atomic E-state index is -0.949. The molecule has 1 saturated carbocycles. The summed E-state index contributed by atoms with van der Waals surface area (Å²) < 4.78 is 6.41. The van der Waals surface area contributed by atoms with Gasteiger partial charge in [0.05, 0.1) is 24.0 Å². The second-order valence-corrected chi connectivity index (χ2v) is 11.0. The monoisotopic (exact) mass is 481 g/mol. The van der Waals surface area contributed by atoms with Crippen molar-refractivity contribution in [3.63, 3.8) is 0 Å². The fraction of sp³-hybridized carbons (Fsp3) is 0.464. The van der Waals surface area contributed by atoms with Gasteiger partial charge in [-0.1, -0.05) is 30.7 Å². The van der Waals surface area contributed by atoms with E-state index in [1.165, 1.54) is 11.1 Å². The van der Waals surface area contributed by atoms with E-state index in [2.05, 4.69) is 30.5 Å². The lowest BCUT2D eigenvalue weighted by Crippen LogP contribution is -2.53. The van der Waals surface area contributed by atoms with Crippen molar-refractivity contribution in [2.45, 2.75) is 50.5 Å². The smallest absolute Gasteiger partial charge is 0.335 e. The van der Waals surface area contributed by atoms with Crippen molar-refractivity contribution in [3.8, 4) is 5.75 Å². The number of carbonyl (C=O) groups is 1. The van der Waals surface area contributed by atoms with Gasteiger partial charge >= 0.3 is 5.97 Å². The summed E-state index contributed by atoms with van der Waals surface area (Å²) in [7, 11) is 0. The number of aliphatic hydroxyl groups excluding tert-OH is 1. The summed E-state index contributed by atoms with van der Waals surface area (Å²) in [6.07, 6.45) is 6.09. The molecule has 180 valence electrons. The summed E-state index contributed by atoms with van der Waals surface area (Å²) in [5, 5.41) is 21.1. The Hall–Kier alpha value is -2.50. The van der Waals surface area contributed by atoms with Gasteiger partial charge in [0, 0.05) is 28.9 Å². The molecule has 1 aliphatic heterocycles. The number of ether oxygens (including phenoxy) is 1. The van der Waals surface area contributed by atoms with Crippen LogP contribution in [0.15, 0.2) is 49.1 Å². The summed E-state index contributed by atoms with van der Waals surface area (Å²) in [5.41, 5.74) is 3.18. The van der Waals surface area contributed by atoms with E-state index in [9.17, 15) is 15.0 Å².